The van der Waals surface area contributed by atoms with Crippen LogP contribution in [0.15, 0.2) is 0 Å². The second-order valence-corrected chi connectivity index (χ2v) is 4.47. The standard InChI is InChI=1S/C11H20O2/c1-8(2)11(12)13-10-6-4-9(3)5-7-10/h8-10H,4-7H2,1-3H3. The van der Waals surface area contributed by atoms with Crippen molar-refractivity contribution in [3.8, 4) is 0 Å². The Labute approximate surface area is 80.7 Å². The Bertz CT molecular complexity index is 167. The predicted octanol–water partition coefficient (Wildman–Crippen LogP) is 2.76. The van der Waals surface area contributed by atoms with E-state index < -0.39 is 0 Å². The third-order valence-electron chi connectivity index (χ3n) is 2.72. The zero-order chi connectivity index (χ0) is 9.84. The average molecular weight is 184 g/mol. The van der Waals surface area contributed by atoms with Crippen molar-refractivity contribution in [2.75, 3.05) is 0 Å². The quantitative estimate of drug-likeness (QED) is 0.617. The largest absolute Gasteiger partial charge is 0.462 e. The number of hydrogen-bond acceptors (Lipinski definition) is 2. The van der Waals surface area contributed by atoms with E-state index in [1.807, 2.05) is 13.8 Å². The minimum absolute atomic E-state index is 0.0133. The molecule has 0 saturated heterocycles. The lowest BCUT2D eigenvalue weighted by atomic mass is 9.89. The van der Waals surface area contributed by atoms with Crippen LogP contribution < -0.4 is 0 Å². The van der Waals surface area contributed by atoms with Gasteiger partial charge in [-0.25, -0.2) is 0 Å². The van der Waals surface area contributed by atoms with E-state index in [2.05, 4.69) is 6.92 Å². The fourth-order valence-corrected chi connectivity index (χ4v) is 1.65. The summed E-state index contributed by atoms with van der Waals surface area (Å²) in [6.45, 7) is 6.03. The molecule has 0 aromatic rings. The Hall–Kier alpha value is -0.530. The second-order valence-electron chi connectivity index (χ2n) is 4.47. The maximum absolute atomic E-state index is 11.3. The molecule has 0 aromatic carbocycles. The van der Waals surface area contributed by atoms with Crippen molar-refractivity contribution in [1.82, 2.24) is 0 Å². The van der Waals surface area contributed by atoms with E-state index in [1.165, 1.54) is 12.8 Å². The summed E-state index contributed by atoms with van der Waals surface area (Å²) >= 11 is 0. The molecule has 0 unspecified atom stereocenters. The molecule has 2 heteroatoms. The van der Waals surface area contributed by atoms with Crippen LogP contribution in [0.1, 0.15) is 46.5 Å². The first kappa shape index (κ1) is 10.6. The molecule has 76 valence electrons. The number of carbonyl (C=O) groups excluding carboxylic acids is 1. The van der Waals surface area contributed by atoms with Gasteiger partial charge in [-0.05, 0) is 31.6 Å². The van der Waals surface area contributed by atoms with Gasteiger partial charge in [0.2, 0.25) is 0 Å². The summed E-state index contributed by atoms with van der Waals surface area (Å²) < 4.78 is 5.36. The Morgan fingerprint density at radius 1 is 1.23 bits per heavy atom. The van der Waals surface area contributed by atoms with Crippen LogP contribution in [0, 0.1) is 11.8 Å². The highest BCUT2D eigenvalue weighted by atomic mass is 16.5. The van der Waals surface area contributed by atoms with Gasteiger partial charge in [0.25, 0.3) is 0 Å². The molecule has 0 aromatic heterocycles. The monoisotopic (exact) mass is 184 g/mol. The molecule has 0 amide bonds. The smallest absolute Gasteiger partial charge is 0.308 e. The van der Waals surface area contributed by atoms with E-state index in [1.54, 1.807) is 0 Å². The van der Waals surface area contributed by atoms with Crippen LogP contribution in [0.5, 0.6) is 0 Å². The molecule has 0 heterocycles. The summed E-state index contributed by atoms with van der Waals surface area (Å²) in [5.74, 6) is 0.785. The van der Waals surface area contributed by atoms with E-state index in [0.29, 0.717) is 0 Å². The minimum atomic E-state index is -0.0421. The van der Waals surface area contributed by atoms with Crippen molar-refractivity contribution in [2.45, 2.75) is 52.6 Å². The van der Waals surface area contributed by atoms with Gasteiger partial charge in [-0.15, -0.1) is 0 Å². The number of esters is 1. The molecule has 1 rings (SSSR count). The molecule has 0 N–H and O–H groups in total. The van der Waals surface area contributed by atoms with Gasteiger partial charge < -0.3 is 4.74 Å². The predicted molar refractivity (Wildman–Crippen MR) is 52.4 cm³/mol. The lowest BCUT2D eigenvalue weighted by Crippen LogP contribution is -2.25. The molecule has 0 radical (unpaired) electrons. The van der Waals surface area contributed by atoms with Crippen LogP contribution in [0.3, 0.4) is 0 Å². The van der Waals surface area contributed by atoms with E-state index >= 15 is 0 Å². The molecule has 0 spiro atoms. The topological polar surface area (TPSA) is 26.3 Å². The molecule has 0 aliphatic heterocycles. The van der Waals surface area contributed by atoms with Crippen molar-refractivity contribution in [3.63, 3.8) is 0 Å². The summed E-state index contributed by atoms with van der Waals surface area (Å²) in [5.41, 5.74) is 0. The Morgan fingerprint density at radius 3 is 2.23 bits per heavy atom. The Kier molecular flexibility index (Phi) is 3.76. The molecule has 2 nitrogen and oxygen atoms in total. The average Bonchev–Trinajstić information content (AvgIpc) is 2.08. The third-order valence-corrected chi connectivity index (χ3v) is 2.72. The highest BCUT2D eigenvalue weighted by Crippen LogP contribution is 2.25. The van der Waals surface area contributed by atoms with Gasteiger partial charge in [0.05, 0.1) is 5.92 Å². The van der Waals surface area contributed by atoms with Crippen molar-refractivity contribution in [2.24, 2.45) is 11.8 Å². The molecule has 1 saturated carbocycles. The normalized spacial score (nSPS) is 28.9. The van der Waals surface area contributed by atoms with Gasteiger partial charge in [-0.3, -0.25) is 4.79 Å². The summed E-state index contributed by atoms with van der Waals surface area (Å²) in [5, 5.41) is 0. The van der Waals surface area contributed by atoms with Gasteiger partial charge in [-0.1, -0.05) is 20.8 Å². The van der Waals surface area contributed by atoms with Crippen molar-refractivity contribution in [3.05, 3.63) is 0 Å². The van der Waals surface area contributed by atoms with Gasteiger partial charge in [0.1, 0.15) is 6.10 Å². The molecular formula is C11H20O2. The molecule has 1 aliphatic rings. The first-order valence-corrected chi connectivity index (χ1v) is 5.30. The van der Waals surface area contributed by atoms with E-state index in [4.69, 9.17) is 4.74 Å². The van der Waals surface area contributed by atoms with Crippen molar-refractivity contribution < 1.29 is 9.53 Å². The first-order valence-electron chi connectivity index (χ1n) is 5.30. The zero-order valence-corrected chi connectivity index (χ0v) is 8.88. The van der Waals surface area contributed by atoms with Crippen LogP contribution in [-0.4, -0.2) is 12.1 Å². The Balaban J connectivity index is 2.26. The van der Waals surface area contributed by atoms with Gasteiger partial charge in [-0.2, -0.15) is 0 Å². The fraction of sp³-hybridized carbons (Fsp3) is 0.909. The molecule has 1 fully saturated rings. The molecule has 0 atom stereocenters. The zero-order valence-electron chi connectivity index (χ0n) is 8.88. The molecule has 0 bridgehead atoms. The number of rotatable bonds is 2. The maximum Gasteiger partial charge on any atom is 0.308 e. The summed E-state index contributed by atoms with van der Waals surface area (Å²) in [6, 6.07) is 0. The van der Waals surface area contributed by atoms with E-state index in [0.717, 1.165) is 18.8 Å². The second kappa shape index (κ2) is 4.64. The highest BCUT2D eigenvalue weighted by molar-refractivity contribution is 5.71. The number of hydrogen-bond donors (Lipinski definition) is 0. The fourth-order valence-electron chi connectivity index (χ4n) is 1.65. The van der Waals surface area contributed by atoms with Gasteiger partial charge >= 0.3 is 5.97 Å². The first-order chi connectivity index (χ1) is 6.09. The van der Waals surface area contributed by atoms with Crippen LogP contribution in [-0.2, 0) is 9.53 Å². The van der Waals surface area contributed by atoms with Crippen LogP contribution in [0.4, 0.5) is 0 Å². The maximum atomic E-state index is 11.3. The van der Waals surface area contributed by atoms with Crippen molar-refractivity contribution in [1.29, 1.82) is 0 Å². The SMILES string of the molecule is CC1CCC(OC(=O)C(C)C)CC1. The lowest BCUT2D eigenvalue weighted by Gasteiger charge is -2.26. The lowest BCUT2D eigenvalue weighted by molar-refractivity contribution is -0.154. The van der Waals surface area contributed by atoms with Crippen molar-refractivity contribution >= 4 is 5.97 Å². The number of ether oxygens (including phenoxy) is 1. The minimum Gasteiger partial charge on any atom is -0.462 e. The summed E-state index contributed by atoms with van der Waals surface area (Å²) in [6.07, 6.45) is 4.72. The number of carbonyl (C=O) groups is 1. The third kappa shape index (κ3) is 3.37. The summed E-state index contributed by atoms with van der Waals surface area (Å²) in [4.78, 5) is 11.3. The van der Waals surface area contributed by atoms with Gasteiger partial charge in [0.15, 0.2) is 0 Å². The van der Waals surface area contributed by atoms with E-state index in [-0.39, 0.29) is 18.0 Å². The van der Waals surface area contributed by atoms with Crippen LogP contribution in [0.2, 0.25) is 0 Å². The molecular weight excluding hydrogens is 164 g/mol. The summed E-state index contributed by atoms with van der Waals surface area (Å²) in [7, 11) is 0. The highest BCUT2D eigenvalue weighted by Gasteiger charge is 2.22. The van der Waals surface area contributed by atoms with E-state index in [9.17, 15) is 4.79 Å². The van der Waals surface area contributed by atoms with Crippen LogP contribution in [0.25, 0.3) is 0 Å². The van der Waals surface area contributed by atoms with Gasteiger partial charge in [0, 0.05) is 0 Å². The molecule has 1 aliphatic carbocycles. The van der Waals surface area contributed by atoms with Crippen LogP contribution >= 0.6 is 0 Å². The Morgan fingerprint density at radius 2 is 1.77 bits per heavy atom. The molecule has 13 heavy (non-hydrogen) atoms.